The second-order valence-corrected chi connectivity index (χ2v) is 4.99. The molecular formula is C14H20ClNO2. The van der Waals surface area contributed by atoms with Crippen LogP contribution in [0.3, 0.4) is 0 Å². The summed E-state index contributed by atoms with van der Waals surface area (Å²) in [4.78, 5) is 11.9. The third-order valence-corrected chi connectivity index (χ3v) is 3.12. The van der Waals surface area contributed by atoms with Gasteiger partial charge >= 0.3 is 5.97 Å². The average Bonchev–Trinajstić information content (AvgIpc) is 2.38. The highest BCUT2D eigenvalue weighted by molar-refractivity contribution is 6.30. The van der Waals surface area contributed by atoms with Gasteiger partial charge in [-0.1, -0.05) is 30.7 Å². The van der Waals surface area contributed by atoms with Gasteiger partial charge in [0.2, 0.25) is 0 Å². The van der Waals surface area contributed by atoms with Crippen LogP contribution in [0.1, 0.15) is 25.8 Å². The van der Waals surface area contributed by atoms with Crippen molar-refractivity contribution in [1.82, 2.24) is 5.32 Å². The highest BCUT2D eigenvalue weighted by Gasteiger charge is 2.33. The maximum Gasteiger partial charge on any atom is 0.326 e. The number of carbonyl (C=O) groups is 1. The summed E-state index contributed by atoms with van der Waals surface area (Å²) in [6, 6.07) is 7.51. The quantitative estimate of drug-likeness (QED) is 0.807. The van der Waals surface area contributed by atoms with Gasteiger partial charge in [-0.25, -0.2) is 0 Å². The third kappa shape index (κ3) is 4.00. The molecule has 0 spiro atoms. The summed E-state index contributed by atoms with van der Waals surface area (Å²) in [5, 5.41) is 3.95. The molecule has 1 N–H and O–H groups in total. The molecule has 0 saturated carbocycles. The largest absolute Gasteiger partial charge is 0.468 e. The van der Waals surface area contributed by atoms with Crippen LogP contribution < -0.4 is 5.32 Å². The Morgan fingerprint density at radius 1 is 1.39 bits per heavy atom. The Labute approximate surface area is 113 Å². The second kappa shape index (κ2) is 6.76. The maximum atomic E-state index is 11.9. The van der Waals surface area contributed by atoms with Gasteiger partial charge in [0, 0.05) is 11.4 Å². The summed E-state index contributed by atoms with van der Waals surface area (Å²) in [7, 11) is 1.41. The molecule has 0 amide bonds. The zero-order chi connectivity index (χ0) is 13.6. The highest BCUT2D eigenvalue weighted by atomic mass is 35.5. The Morgan fingerprint density at radius 3 is 2.50 bits per heavy atom. The summed E-state index contributed by atoms with van der Waals surface area (Å²) >= 11 is 5.85. The molecule has 0 aliphatic carbocycles. The van der Waals surface area contributed by atoms with Crippen molar-refractivity contribution in [1.29, 1.82) is 0 Å². The van der Waals surface area contributed by atoms with E-state index in [0.29, 0.717) is 11.4 Å². The molecule has 4 heteroatoms. The van der Waals surface area contributed by atoms with Crippen LogP contribution in [0.15, 0.2) is 24.3 Å². The fourth-order valence-corrected chi connectivity index (χ4v) is 1.97. The molecule has 100 valence electrons. The van der Waals surface area contributed by atoms with Crippen molar-refractivity contribution in [3.63, 3.8) is 0 Å². The minimum absolute atomic E-state index is 0.245. The number of hydrogen-bond acceptors (Lipinski definition) is 3. The van der Waals surface area contributed by atoms with Gasteiger partial charge in [0.15, 0.2) is 0 Å². The molecule has 0 fully saturated rings. The molecule has 0 aliphatic rings. The van der Waals surface area contributed by atoms with E-state index in [2.05, 4.69) is 12.2 Å². The van der Waals surface area contributed by atoms with Crippen molar-refractivity contribution < 1.29 is 9.53 Å². The SMILES string of the molecule is CCCNC(C)(Cc1ccc(Cl)cc1)C(=O)OC. The van der Waals surface area contributed by atoms with E-state index in [1.54, 1.807) is 0 Å². The van der Waals surface area contributed by atoms with Crippen molar-refractivity contribution in [3.05, 3.63) is 34.9 Å². The van der Waals surface area contributed by atoms with Gasteiger partial charge in [0.25, 0.3) is 0 Å². The number of carbonyl (C=O) groups excluding carboxylic acids is 1. The van der Waals surface area contributed by atoms with Gasteiger partial charge in [0.1, 0.15) is 5.54 Å². The summed E-state index contributed by atoms with van der Waals surface area (Å²) in [6.45, 7) is 4.70. The topological polar surface area (TPSA) is 38.3 Å². The van der Waals surface area contributed by atoms with Gasteiger partial charge in [-0.2, -0.15) is 0 Å². The predicted octanol–water partition coefficient (Wildman–Crippen LogP) is 2.81. The minimum Gasteiger partial charge on any atom is -0.468 e. The number of nitrogens with one attached hydrogen (secondary N) is 1. The van der Waals surface area contributed by atoms with Crippen molar-refractivity contribution in [2.75, 3.05) is 13.7 Å². The van der Waals surface area contributed by atoms with Crippen molar-refractivity contribution in [3.8, 4) is 0 Å². The molecule has 0 heterocycles. The molecule has 0 aliphatic heterocycles. The highest BCUT2D eigenvalue weighted by Crippen LogP contribution is 2.17. The zero-order valence-electron chi connectivity index (χ0n) is 11.1. The van der Waals surface area contributed by atoms with Crippen LogP contribution in [0.5, 0.6) is 0 Å². The standard InChI is InChI=1S/C14H20ClNO2/c1-4-9-16-14(2,13(17)18-3)10-11-5-7-12(15)8-6-11/h5-8,16H,4,9-10H2,1-3H3. The number of halogens is 1. The molecule has 1 unspecified atom stereocenters. The molecule has 1 aromatic rings. The van der Waals surface area contributed by atoms with Crippen LogP contribution in [0.2, 0.25) is 5.02 Å². The van der Waals surface area contributed by atoms with Gasteiger partial charge in [-0.15, -0.1) is 0 Å². The van der Waals surface area contributed by atoms with Gasteiger partial charge in [0.05, 0.1) is 7.11 Å². The first-order valence-corrected chi connectivity index (χ1v) is 6.47. The minimum atomic E-state index is -0.696. The molecule has 0 radical (unpaired) electrons. The molecule has 1 rings (SSSR count). The number of benzene rings is 1. The van der Waals surface area contributed by atoms with Crippen molar-refractivity contribution in [2.45, 2.75) is 32.2 Å². The van der Waals surface area contributed by atoms with Crippen LogP contribution in [0.4, 0.5) is 0 Å². The average molecular weight is 270 g/mol. The van der Waals surface area contributed by atoms with Crippen LogP contribution in [-0.4, -0.2) is 25.2 Å². The van der Waals surface area contributed by atoms with Crippen LogP contribution in [0, 0.1) is 0 Å². The van der Waals surface area contributed by atoms with E-state index in [0.717, 1.165) is 18.5 Å². The number of esters is 1. The summed E-state index contributed by atoms with van der Waals surface area (Å²) in [6.07, 6.45) is 1.55. The summed E-state index contributed by atoms with van der Waals surface area (Å²) < 4.78 is 4.88. The number of ether oxygens (including phenoxy) is 1. The molecule has 0 bridgehead atoms. The van der Waals surface area contributed by atoms with Crippen LogP contribution >= 0.6 is 11.6 Å². The van der Waals surface area contributed by atoms with Gasteiger partial charge in [-0.3, -0.25) is 4.79 Å². The van der Waals surface area contributed by atoms with Crippen LogP contribution in [-0.2, 0) is 16.0 Å². The van der Waals surface area contributed by atoms with Gasteiger partial charge in [-0.05, 0) is 37.6 Å². The van der Waals surface area contributed by atoms with E-state index in [4.69, 9.17) is 16.3 Å². The first-order chi connectivity index (χ1) is 8.51. The number of methoxy groups -OCH3 is 1. The first kappa shape index (κ1) is 15.0. The normalized spacial score (nSPS) is 14.0. The maximum absolute atomic E-state index is 11.9. The monoisotopic (exact) mass is 269 g/mol. The first-order valence-electron chi connectivity index (χ1n) is 6.09. The van der Waals surface area contributed by atoms with E-state index in [-0.39, 0.29) is 5.97 Å². The number of hydrogen-bond donors (Lipinski definition) is 1. The second-order valence-electron chi connectivity index (χ2n) is 4.55. The Hall–Kier alpha value is -1.06. The number of rotatable bonds is 6. The fraction of sp³-hybridized carbons (Fsp3) is 0.500. The van der Waals surface area contributed by atoms with Crippen molar-refractivity contribution in [2.24, 2.45) is 0 Å². The Balaban J connectivity index is 2.83. The van der Waals surface area contributed by atoms with E-state index in [9.17, 15) is 4.79 Å². The Morgan fingerprint density at radius 2 is 2.00 bits per heavy atom. The molecule has 18 heavy (non-hydrogen) atoms. The smallest absolute Gasteiger partial charge is 0.326 e. The predicted molar refractivity (Wildman–Crippen MR) is 73.9 cm³/mol. The summed E-state index contributed by atoms with van der Waals surface area (Å²) in [5.74, 6) is -0.245. The van der Waals surface area contributed by atoms with Crippen molar-refractivity contribution >= 4 is 17.6 Å². The molecular weight excluding hydrogens is 250 g/mol. The summed E-state index contributed by atoms with van der Waals surface area (Å²) in [5.41, 5.74) is 0.356. The molecule has 3 nitrogen and oxygen atoms in total. The van der Waals surface area contributed by atoms with E-state index >= 15 is 0 Å². The lowest BCUT2D eigenvalue weighted by Gasteiger charge is -2.28. The Bertz CT molecular complexity index is 391. The van der Waals surface area contributed by atoms with Crippen LogP contribution in [0.25, 0.3) is 0 Å². The molecule has 1 aromatic carbocycles. The lowest BCUT2D eigenvalue weighted by atomic mass is 9.92. The lowest BCUT2D eigenvalue weighted by Crippen LogP contribution is -2.52. The molecule has 0 saturated heterocycles. The van der Waals surface area contributed by atoms with E-state index < -0.39 is 5.54 Å². The van der Waals surface area contributed by atoms with E-state index in [1.165, 1.54) is 7.11 Å². The van der Waals surface area contributed by atoms with E-state index in [1.807, 2.05) is 31.2 Å². The third-order valence-electron chi connectivity index (χ3n) is 2.87. The zero-order valence-corrected chi connectivity index (χ0v) is 11.9. The fourth-order valence-electron chi connectivity index (χ4n) is 1.84. The lowest BCUT2D eigenvalue weighted by molar-refractivity contribution is -0.147. The molecule has 0 aromatic heterocycles. The van der Waals surface area contributed by atoms with Gasteiger partial charge < -0.3 is 10.1 Å². The Kier molecular flexibility index (Phi) is 5.63. The molecule has 1 atom stereocenters.